The highest BCUT2D eigenvalue weighted by Gasteiger charge is 2.16. The van der Waals surface area contributed by atoms with Crippen LogP contribution < -0.4 is 9.47 Å². The quantitative estimate of drug-likeness (QED) is 0.909. The smallest absolute Gasteiger partial charge is 0.338 e. The Kier molecular flexibility index (Phi) is 4.14. The first-order valence-corrected chi connectivity index (χ1v) is 5.75. The summed E-state index contributed by atoms with van der Waals surface area (Å²) >= 11 is 0. The Morgan fingerprint density at radius 1 is 1.30 bits per heavy atom. The fourth-order valence-corrected chi connectivity index (χ4v) is 1.56. The number of rotatable bonds is 5. The van der Waals surface area contributed by atoms with Crippen LogP contribution in [0.1, 0.15) is 15.9 Å². The molecule has 0 radical (unpaired) electrons. The number of benzene rings is 1. The molecule has 0 bridgehead atoms. The van der Waals surface area contributed by atoms with Gasteiger partial charge in [-0.15, -0.1) is 0 Å². The Labute approximate surface area is 114 Å². The largest absolute Gasteiger partial charge is 0.497 e. The molecule has 0 aliphatic rings. The van der Waals surface area contributed by atoms with Crippen LogP contribution in [0.3, 0.4) is 0 Å². The van der Waals surface area contributed by atoms with Crippen LogP contribution in [0.25, 0.3) is 0 Å². The van der Waals surface area contributed by atoms with Crippen molar-refractivity contribution in [1.82, 2.24) is 4.98 Å². The maximum absolute atomic E-state index is 13.8. The van der Waals surface area contributed by atoms with Gasteiger partial charge in [0.05, 0.1) is 7.11 Å². The minimum atomic E-state index is -1.36. The molecule has 1 aromatic heterocycles. The van der Waals surface area contributed by atoms with E-state index in [0.717, 1.165) is 11.6 Å². The normalized spacial score (nSPS) is 10.1. The van der Waals surface area contributed by atoms with E-state index < -0.39 is 17.3 Å². The fourth-order valence-electron chi connectivity index (χ4n) is 1.56. The number of ether oxygens (including phenoxy) is 2. The second-order valence-corrected chi connectivity index (χ2v) is 3.92. The number of carbonyl (C=O) groups is 1. The van der Waals surface area contributed by atoms with Crippen LogP contribution in [-0.4, -0.2) is 23.2 Å². The summed E-state index contributed by atoms with van der Waals surface area (Å²) < 4.78 is 24.0. The van der Waals surface area contributed by atoms with Crippen molar-refractivity contribution < 1.29 is 23.8 Å². The number of carboxylic acids is 1. The molecule has 2 rings (SSSR count). The molecule has 0 amide bonds. The maximum Gasteiger partial charge on any atom is 0.338 e. The van der Waals surface area contributed by atoms with E-state index in [1.54, 1.807) is 31.4 Å². The molecule has 1 aromatic carbocycles. The summed E-state index contributed by atoms with van der Waals surface area (Å²) in [5, 5.41) is 8.80. The molecule has 0 aliphatic heterocycles. The second-order valence-electron chi connectivity index (χ2n) is 3.92. The molecule has 0 spiro atoms. The molecule has 0 atom stereocenters. The number of methoxy groups -OCH3 is 1. The van der Waals surface area contributed by atoms with E-state index >= 15 is 0 Å². The topological polar surface area (TPSA) is 68.7 Å². The molecule has 2 aromatic rings. The molecule has 0 fully saturated rings. The van der Waals surface area contributed by atoms with E-state index in [4.69, 9.17) is 14.6 Å². The Hall–Kier alpha value is -2.63. The predicted molar refractivity (Wildman–Crippen MR) is 68.5 cm³/mol. The van der Waals surface area contributed by atoms with Crippen LogP contribution in [-0.2, 0) is 6.61 Å². The Balaban J connectivity index is 2.10. The van der Waals surface area contributed by atoms with Gasteiger partial charge in [0.2, 0.25) is 0 Å². The van der Waals surface area contributed by atoms with Crippen molar-refractivity contribution in [2.45, 2.75) is 6.61 Å². The standard InChI is InChI=1S/C14H12FNO4/c1-19-10-4-2-9(3-5-10)8-20-13-12(15)11(14(17)18)6-7-16-13/h2-7H,8H2,1H3,(H,17,18). The van der Waals surface area contributed by atoms with Crippen LogP contribution in [0.2, 0.25) is 0 Å². The number of aromatic carboxylic acids is 1. The third kappa shape index (κ3) is 3.03. The van der Waals surface area contributed by atoms with Gasteiger partial charge in [-0.3, -0.25) is 0 Å². The van der Waals surface area contributed by atoms with Crippen molar-refractivity contribution in [3.8, 4) is 11.6 Å². The van der Waals surface area contributed by atoms with Gasteiger partial charge in [0.25, 0.3) is 5.88 Å². The summed E-state index contributed by atoms with van der Waals surface area (Å²) in [6.07, 6.45) is 1.19. The average Bonchev–Trinajstić information content (AvgIpc) is 2.46. The molecule has 1 N–H and O–H groups in total. The highest BCUT2D eigenvalue weighted by atomic mass is 19.1. The van der Waals surface area contributed by atoms with E-state index in [-0.39, 0.29) is 12.5 Å². The lowest BCUT2D eigenvalue weighted by Gasteiger charge is -2.08. The number of hydrogen-bond acceptors (Lipinski definition) is 4. The van der Waals surface area contributed by atoms with Gasteiger partial charge in [0, 0.05) is 6.20 Å². The Morgan fingerprint density at radius 3 is 2.60 bits per heavy atom. The maximum atomic E-state index is 13.8. The van der Waals surface area contributed by atoms with Crippen molar-refractivity contribution in [3.63, 3.8) is 0 Å². The van der Waals surface area contributed by atoms with Gasteiger partial charge in [0.15, 0.2) is 5.82 Å². The van der Waals surface area contributed by atoms with Gasteiger partial charge in [-0.2, -0.15) is 0 Å². The molecule has 0 saturated carbocycles. The molecule has 0 aliphatic carbocycles. The molecule has 5 nitrogen and oxygen atoms in total. The van der Waals surface area contributed by atoms with Gasteiger partial charge in [-0.05, 0) is 23.8 Å². The third-order valence-electron chi connectivity index (χ3n) is 2.62. The van der Waals surface area contributed by atoms with Crippen molar-refractivity contribution in [1.29, 1.82) is 0 Å². The highest BCUT2D eigenvalue weighted by molar-refractivity contribution is 5.88. The molecule has 6 heteroatoms. The van der Waals surface area contributed by atoms with E-state index in [1.807, 2.05) is 0 Å². The Bertz CT molecular complexity index is 613. The zero-order chi connectivity index (χ0) is 14.5. The minimum Gasteiger partial charge on any atom is -0.497 e. The minimum absolute atomic E-state index is 0.0803. The van der Waals surface area contributed by atoms with E-state index in [9.17, 15) is 9.18 Å². The van der Waals surface area contributed by atoms with Gasteiger partial charge >= 0.3 is 5.97 Å². The van der Waals surface area contributed by atoms with Crippen LogP contribution >= 0.6 is 0 Å². The van der Waals surface area contributed by atoms with Crippen LogP contribution in [0.15, 0.2) is 36.5 Å². The summed E-state index contributed by atoms with van der Waals surface area (Å²) in [6.45, 7) is 0.0803. The van der Waals surface area contributed by atoms with Crippen molar-refractivity contribution >= 4 is 5.97 Å². The van der Waals surface area contributed by atoms with Crippen LogP contribution in [0, 0.1) is 5.82 Å². The number of pyridine rings is 1. The van der Waals surface area contributed by atoms with E-state index in [2.05, 4.69) is 4.98 Å². The lowest BCUT2D eigenvalue weighted by Crippen LogP contribution is -2.05. The second kappa shape index (κ2) is 6.01. The summed E-state index contributed by atoms with van der Waals surface area (Å²) in [6, 6.07) is 8.10. The third-order valence-corrected chi connectivity index (χ3v) is 2.62. The first-order valence-electron chi connectivity index (χ1n) is 5.75. The molecule has 1 heterocycles. The number of carboxylic acid groups (broad SMARTS) is 1. The van der Waals surface area contributed by atoms with Crippen molar-refractivity contribution in [3.05, 3.63) is 53.5 Å². The highest BCUT2D eigenvalue weighted by Crippen LogP contribution is 2.19. The lowest BCUT2D eigenvalue weighted by atomic mass is 10.2. The summed E-state index contributed by atoms with van der Waals surface area (Å²) in [4.78, 5) is 14.5. The molecule has 0 saturated heterocycles. The van der Waals surface area contributed by atoms with Crippen molar-refractivity contribution in [2.24, 2.45) is 0 Å². The molecule has 104 valence electrons. The zero-order valence-electron chi connectivity index (χ0n) is 10.7. The van der Waals surface area contributed by atoms with Gasteiger partial charge in [0.1, 0.15) is 17.9 Å². The van der Waals surface area contributed by atoms with Crippen molar-refractivity contribution in [2.75, 3.05) is 7.11 Å². The Morgan fingerprint density at radius 2 is 2.00 bits per heavy atom. The fraction of sp³-hybridized carbons (Fsp3) is 0.143. The molecule has 20 heavy (non-hydrogen) atoms. The summed E-state index contributed by atoms with van der Waals surface area (Å²) in [5.41, 5.74) is 0.317. The number of halogens is 1. The molecule has 0 unspecified atom stereocenters. The predicted octanol–water partition coefficient (Wildman–Crippen LogP) is 2.51. The molecular formula is C14H12FNO4. The van der Waals surface area contributed by atoms with Gasteiger partial charge < -0.3 is 14.6 Å². The van der Waals surface area contributed by atoms with Crippen LogP contribution in [0.5, 0.6) is 11.6 Å². The van der Waals surface area contributed by atoms with Gasteiger partial charge in [-0.25, -0.2) is 14.2 Å². The average molecular weight is 277 g/mol. The van der Waals surface area contributed by atoms with E-state index in [1.165, 1.54) is 6.20 Å². The molecular weight excluding hydrogens is 265 g/mol. The van der Waals surface area contributed by atoms with E-state index in [0.29, 0.717) is 5.75 Å². The SMILES string of the molecule is COc1ccc(COc2nccc(C(=O)O)c2F)cc1. The first-order chi connectivity index (χ1) is 9.61. The zero-order valence-corrected chi connectivity index (χ0v) is 10.7. The number of hydrogen-bond donors (Lipinski definition) is 1. The van der Waals surface area contributed by atoms with Gasteiger partial charge in [-0.1, -0.05) is 12.1 Å². The monoisotopic (exact) mass is 277 g/mol. The first kappa shape index (κ1) is 13.8. The summed E-state index contributed by atoms with van der Waals surface area (Å²) in [5.74, 6) is -1.97. The number of nitrogens with zero attached hydrogens (tertiary/aromatic N) is 1. The number of aromatic nitrogens is 1. The van der Waals surface area contributed by atoms with Crippen LogP contribution in [0.4, 0.5) is 4.39 Å². The lowest BCUT2D eigenvalue weighted by molar-refractivity contribution is 0.0690. The summed E-state index contributed by atoms with van der Waals surface area (Å²) in [7, 11) is 1.56.